The van der Waals surface area contributed by atoms with E-state index in [-0.39, 0.29) is 12.5 Å². The molecule has 1 heterocycles. The molecule has 29 heavy (non-hydrogen) atoms. The first-order valence-corrected chi connectivity index (χ1v) is 10.1. The van der Waals surface area contributed by atoms with E-state index in [1.54, 1.807) is 20.8 Å². The first kappa shape index (κ1) is 22.7. The number of carbonyl (C=O) groups excluding carboxylic acids is 2. The van der Waals surface area contributed by atoms with Gasteiger partial charge in [0.1, 0.15) is 12.1 Å². The maximum atomic E-state index is 12.5. The Balaban J connectivity index is 2.12. The molecule has 0 aliphatic heterocycles. The highest BCUT2D eigenvalue weighted by Crippen LogP contribution is 2.20. The zero-order valence-electron chi connectivity index (χ0n) is 18.4. The third-order valence-corrected chi connectivity index (χ3v) is 4.53. The number of carbonyl (C=O) groups is 2. The molecule has 0 saturated carbocycles. The molecule has 0 atom stereocenters. The molecule has 0 bridgehead atoms. The zero-order valence-corrected chi connectivity index (χ0v) is 18.4. The predicted octanol–water partition coefficient (Wildman–Crippen LogP) is 3.18. The molecule has 160 valence electrons. The van der Waals surface area contributed by atoms with Crippen LogP contribution in [0.4, 0.5) is 10.7 Å². The SMILES string of the molecule is CCN(CC)CCn1c(NC(=O)CN(C)C(=O)OC(C)(C)C)nc2ccccc21. The number of ether oxygens (including phenoxy) is 1. The minimum absolute atomic E-state index is 0.117. The summed E-state index contributed by atoms with van der Waals surface area (Å²) < 4.78 is 7.31. The van der Waals surface area contributed by atoms with E-state index in [0.717, 1.165) is 30.7 Å². The number of fused-ring (bicyclic) bond motifs is 1. The topological polar surface area (TPSA) is 79.7 Å². The lowest BCUT2D eigenvalue weighted by molar-refractivity contribution is -0.117. The van der Waals surface area contributed by atoms with Crippen LogP contribution in [0.5, 0.6) is 0 Å². The van der Waals surface area contributed by atoms with Gasteiger partial charge in [-0.2, -0.15) is 0 Å². The van der Waals surface area contributed by atoms with E-state index in [4.69, 9.17) is 4.74 Å². The van der Waals surface area contributed by atoms with Gasteiger partial charge in [-0.05, 0) is 46.0 Å². The average Bonchev–Trinajstić information content (AvgIpc) is 2.98. The second-order valence-electron chi connectivity index (χ2n) is 7.99. The molecule has 2 amide bonds. The van der Waals surface area contributed by atoms with Gasteiger partial charge in [0.2, 0.25) is 11.9 Å². The van der Waals surface area contributed by atoms with E-state index in [0.29, 0.717) is 12.5 Å². The van der Waals surface area contributed by atoms with Gasteiger partial charge < -0.3 is 19.1 Å². The number of imidazole rings is 1. The van der Waals surface area contributed by atoms with Crippen LogP contribution in [0.25, 0.3) is 11.0 Å². The van der Waals surface area contributed by atoms with Gasteiger partial charge in [-0.3, -0.25) is 10.1 Å². The molecule has 0 saturated heterocycles. The molecule has 0 spiro atoms. The van der Waals surface area contributed by atoms with Crippen LogP contribution in [0, 0.1) is 0 Å². The number of nitrogens with zero attached hydrogens (tertiary/aromatic N) is 4. The highest BCUT2D eigenvalue weighted by molar-refractivity contribution is 5.94. The first-order valence-electron chi connectivity index (χ1n) is 10.1. The summed E-state index contributed by atoms with van der Waals surface area (Å²) in [6.07, 6.45) is -0.539. The van der Waals surface area contributed by atoms with Crippen molar-refractivity contribution in [1.29, 1.82) is 0 Å². The van der Waals surface area contributed by atoms with Crippen LogP contribution >= 0.6 is 0 Å². The average molecular weight is 404 g/mol. The van der Waals surface area contributed by atoms with E-state index < -0.39 is 11.7 Å². The molecule has 0 aliphatic carbocycles. The largest absolute Gasteiger partial charge is 0.444 e. The predicted molar refractivity (Wildman–Crippen MR) is 115 cm³/mol. The maximum Gasteiger partial charge on any atom is 0.410 e. The molecule has 1 aromatic heterocycles. The number of aromatic nitrogens is 2. The molecule has 0 radical (unpaired) electrons. The Hall–Kier alpha value is -2.61. The van der Waals surface area contributed by atoms with Crippen LogP contribution in [0.3, 0.4) is 0 Å². The van der Waals surface area contributed by atoms with E-state index in [1.165, 1.54) is 11.9 Å². The number of amides is 2. The van der Waals surface area contributed by atoms with Crippen LogP contribution in [0.2, 0.25) is 0 Å². The number of nitrogens with one attached hydrogen (secondary N) is 1. The normalized spacial score (nSPS) is 11.7. The fourth-order valence-corrected chi connectivity index (χ4v) is 2.96. The zero-order chi connectivity index (χ0) is 21.6. The molecule has 1 aromatic carbocycles. The van der Waals surface area contributed by atoms with Gasteiger partial charge in [-0.25, -0.2) is 9.78 Å². The second-order valence-corrected chi connectivity index (χ2v) is 7.99. The Bertz CT molecular complexity index is 836. The van der Waals surface area contributed by atoms with Crippen molar-refractivity contribution in [3.05, 3.63) is 24.3 Å². The highest BCUT2D eigenvalue weighted by atomic mass is 16.6. The van der Waals surface area contributed by atoms with Crippen molar-refractivity contribution < 1.29 is 14.3 Å². The van der Waals surface area contributed by atoms with E-state index in [9.17, 15) is 9.59 Å². The van der Waals surface area contributed by atoms with Gasteiger partial charge in [0.15, 0.2) is 0 Å². The molecule has 8 heteroatoms. The summed E-state index contributed by atoms with van der Waals surface area (Å²) in [5.74, 6) is 0.165. The van der Waals surface area contributed by atoms with Crippen LogP contribution in [-0.4, -0.2) is 70.2 Å². The van der Waals surface area contributed by atoms with E-state index in [1.807, 2.05) is 28.8 Å². The third-order valence-electron chi connectivity index (χ3n) is 4.53. The maximum absolute atomic E-state index is 12.5. The number of rotatable bonds is 8. The number of likely N-dealkylation sites (N-methyl/N-ethyl adjacent to an activating group) is 2. The Kier molecular flexibility index (Phi) is 7.61. The van der Waals surface area contributed by atoms with Crippen molar-refractivity contribution in [3.8, 4) is 0 Å². The lowest BCUT2D eigenvalue weighted by Gasteiger charge is -2.24. The van der Waals surface area contributed by atoms with E-state index in [2.05, 4.69) is 29.0 Å². The van der Waals surface area contributed by atoms with Gasteiger partial charge in [-0.15, -0.1) is 0 Å². The molecular formula is C21H33N5O3. The summed E-state index contributed by atoms with van der Waals surface area (Å²) in [5, 5.41) is 2.85. The van der Waals surface area contributed by atoms with Crippen molar-refractivity contribution in [3.63, 3.8) is 0 Å². The first-order chi connectivity index (χ1) is 13.6. The van der Waals surface area contributed by atoms with Crippen molar-refractivity contribution in [2.45, 2.75) is 46.8 Å². The summed E-state index contributed by atoms with van der Waals surface area (Å²) in [7, 11) is 1.54. The van der Waals surface area contributed by atoms with Crippen molar-refractivity contribution >= 4 is 29.0 Å². The number of anilines is 1. The van der Waals surface area contributed by atoms with Gasteiger partial charge in [0, 0.05) is 20.1 Å². The Morgan fingerprint density at radius 2 is 1.83 bits per heavy atom. The third kappa shape index (κ3) is 6.45. The summed E-state index contributed by atoms with van der Waals surface area (Å²) >= 11 is 0. The van der Waals surface area contributed by atoms with Gasteiger partial charge in [0.25, 0.3) is 0 Å². The monoisotopic (exact) mass is 403 g/mol. The standard InChI is InChI=1S/C21H33N5O3/c1-7-25(8-2)13-14-26-17-12-10-9-11-16(17)22-19(26)23-18(27)15-24(6)20(28)29-21(3,4)5/h9-12H,7-8,13-15H2,1-6H3,(H,22,23,27). The molecular weight excluding hydrogens is 370 g/mol. The smallest absolute Gasteiger partial charge is 0.410 e. The Morgan fingerprint density at radius 1 is 1.17 bits per heavy atom. The van der Waals surface area contributed by atoms with Crippen molar-refractivity contribution in [1.82, 2.24) is 19.4 Å². The van der Waals surface area contributed by atoms with E-state index >= 15 is 0 Å². The number of para-hydroxylation sites is 2. The van der Waals surface area contributed by atoms with Gasteiger partial charge in [0.05, 0.1) is 11.0 Å². The van der Waals surface area contributed by atoms with Crippen LogP contribution in [-0.2, 0) is 16.1 Å². The Morgan fingerprint density at radius 3 is 2.45 bits per heavy atom. The summed E-state index contributed by atoms with van der Waals surface area (Å²) in [6.45, 7) is 13.0. The fourth-order valence-electron chi connectivity index (χ4n) is 2.96. The number of hydrogen-bond acceptors (Lipinski definition) is 5. The molecule has 0 aliphatic rings. The summed E-state index contributed by atoms with van der Waals surface area (Å²) in [6, 6.07) is 7.80. The van der Waals surface area contributed by atoms with Crippen molar-refractivity contribution in [2.75, 3.05) is 38.5 Å². The van der Waals surface area contributed by atoms with Gasteiger partial charge >= 0.3 is 6.09 Å². The molecule has 2 rings (SSSR count). The van der Waals surface area contributed by atoms with Crippen LogP contribution in [0.1, 0.15) is 34.6 Å². The molecule has 8 nitrogen and oxygen atoms in total. The second kappa shape index (κ2) is 9.73. The van der Waals surface area contributed by atoms with Crippen LogP contribution < -0.4 is 5.32 Å². The molecule has 2 aromatic rings. The minimum Gasteiger partial charge on any atom is -0.444 e. The van der Waals surface area contributed by atoms with Crippen LogP contribution in [0.15, 0.2) is 24.3 Å². The summed E-state index contributed by atoms with van der Waals surface area (Å²) in [4.78, 5) is 32.8. The Labute approximate surface area is 172 Å². The number of hydrogen-bond donors (Lipinski definition) is 1. The number of benzene rings is 1. The van der Waals surface area contributed by atoms with Crippen molar-refractivity contribution in [2.24, 2.45) is 0 Å². The molecule has 1 N–H and O–H groups in total. The lowest BCUT2D eigenvalue weighted by atomic mass is 10.2. The lowest BCUT2D eigenvalue weighted by Crippen LogP contribution is -2.39. The fraction of sp³-hybridized carbons (Fsp3) is 0.571. The summed E-state index contributed by atoms with van der Waals surface area (Å²) in [5.41, 5.74) is 1.18. The minimum atomic E-state index is -0.611. The molecule has 0 fully saturated rings. The highest BCUT2D eigenvalue weighted by Gasteiger charge is 2.22. The molecule has 0 unspecified atom stereocenters. The van der Waals surface area contributed by atoms with Gasteiger partial charge in [-0.1, -0.05) is 26.0 Å². The quantitative estimate of drug-likeness (QED) is 0.732.